The number of carbonyl (C=O) groups is 1. The molecule has 0 spiro atoms. The van der Waals surface area contributed by atoms with E-state index < -0.39 is 5.54 Å². The third-order valence-electron chi connectivity index (χ3n) is 3.05. The van der Waals surface area contributed by atoms with Gasteiger partial charge in [-0.1, -0.05) is 26.7 Å². The van der Waals surface area contributed by atoms with Crippen LogP contribution >= 0.6 is 0 Å². The van der Waals surface area contributed by atoms with Crippen molar-refractivity contribution in [1.29, 1.82) is 0 Å². The van der Waals surface area contributed by atoms with E-state index in [0.717, 1.165) is 38.8 Å². The Morgan fingerprint density at radius 2 is 2.00 bits per heavy atom. The quantitative estimate of drug-likeness (QED) is 0.619. The number of nitrogens with two attached hydrogens (primary N) is 1. The Balaban J connectivity index is 4.33. The monoisotopic (exact) mass is 229 g/mol. The van der Waals surface area contributed by atoms with Gasteiger partial charge in [0, 0.05) is 13.1 Å². The second-order valence-electron chi connectivity index (χ2n) is 4.63. The summed E-state index contributed by atoms with van der Waals surface area (Å²) in [5.74, 6) is -0.220. The molecule has 0 saturated heterocycles. The Morgan fingerprint density at radius 1 is 1.38 bits per heavy atom. The van der Waals surface area contributed by atoms with Gasteiger partial charge in [0.1, 0.15) is 0 Å². The Hall–Kier alpha value is -0.610. The molecule has 4 nitrogen and oxygen atoms in total. The maximum absolute atomic E-state index is 11.6. The maximum Gasteiger partial charge on any atom is 0.237 e. The van der Waals surface area contributed by atoms with E-state index in [4.69, 9.17) is 5.73 Å². The molecule has 1 unspecified atom stereocenters. The first-order valence-electron chi connectivity index (χ1n) is 6.18. The highest BCUT2D eigenvalue weighted by Gasteiger charge is 2.32. The number of nitrogens with zero attached hydrogens (tertiary/aromatic N) is 1. The van der Waals surface area contributed by atoms with Gasteiger partial charge < -0.3 is 16.0 Å². The third kappa shape index (κ3) is 4.94. The molecule has 4 heteroatoms. The molecule has 0 aliphatic rings. The number of rotatable bonds is 9. The molecule has 0 fully saturated rings. The molecule has 0 aromatic carbocycles. The summed E-state index contributed by atoms with van der Waals surface area (Å²) in [4.78, 5) is 13.7. The van der Waals surface area contributed by atoms with Crippen molar-refractivity contribution in [2.45, 2.75) is 45.1 Å². The summed E-state index contributed by atoms with van der Waals surface area (Å²) in [5, 5.41) is 3.33. The second-order valence-corrected chi connectivity index (χ2v) is 4.63. The number of hydrogen-bond donors (Lipinski definition) is 2. The number of primary amides is 1. The topological polar surface area (TPSA) is 58.4 Å². The number of unbranched alkanes of at least 4 members (excludes halogenated alkanes) is 1. The largest absolute Gasteiger partial charge is 0.368 e. The normalized spacial score (nSPS) is 15.1. The van der Waals surface area contributed by atoms with E-state index in [9.17, 15) is 4.79 Å². The summed E-state index contributed by atoms with van der Waals surface area (Å²) in [6.45, 7) is 5.86. The van der Waals surface area contributed by atoms with E-state index in [0.29, 0.717) is 0 Å². The summed E-state index contributed by atoms with van der Waals surface area (Å²) in [6, 6.07) is 0. The van der Waals surface area contributed by atoms with Crippen LogP contribution in [0.4, 0.5) is 0 Å². The first kappa shape index (κ1) is 15.4. The molecule has 0 rings (SSSR count). The molecule has 1 atom stereocenters. The van der Waals surface area contributed by atoms with Crippen LogP contribution in [0.5, 0.6) is 0 Å². The zero-order valence-electron chi connectivity index (χ0n) is 11.2. The SMILES string of the molecule is CCCCC(CC)(NCCN(C)C)C(N)=O. The van der Waals surface area contributed by atoms with Gasteiger partial charge in [0.05, 0.1) is 5.54 Å². The molecule has 0 heterocycles. The van der Waals surface area contributed by atoms with Gasteiger partial charge in [-0.25, -0.2) is 0 Å². The van der Waals surface area contributed by atoms with Crippen molar-refractivity contribution in [3.8, 4) is 0 Å². The van der Waals surface area contributed by atoms with Crippen LogP contribution in [0.3, 0.4) is 0 Å². The number of carbonyl (C=O) groups excluding carboxylic acids is 1. The molecule has 0 aromatic heterocycles. The molecule has 0 bridgehead atoms. The van der Waals surface area contributed by atoms with Crippen molar-refractivity contribution in [1.82, 2.24) is 10.2 Å². The van der Waals surface area contributed by atoms with Crippen molar-refractivity contribution in [3.63, 3.8) is 0 Å². The lowest BCUT2D eigenvalue weighted by atomic mass is 9.89. The minimum absolute atomic E-state index is 0.220. The van der Waals surface area contributed by atoms with Crippen molar-refractivity contribution in [3.05, 3.63) is 0 Å². The van der Waals surface area contributed by atoms with E-state index in [1.807, 2.05) is 21.0 Å². The summed E-state index contributed by atoms with van der Waals surface area (Å²) in [5.41, 5.74) is 5.02. The third-order valence-corrected chi connectivity index (χ3v) is 3.05. The lowest BCUT2D eigenvalue weighted by molar-refractivity contribution is -0.125. The zero-order valence-corrected chi connectivity index (χ0v) is 11.2. The summed E-state index contributed by atoms with van der Waals surface area (Å²) < 4.78 is 0. The molecule has 0 saturated carbocycles. The van der Waals surface area contributed by atoms with Crippen LogP contribution in [0.2, 0.25) is 0 Å². The Bertz CT molecular complexity index is 206. The van der Waals surface area contributed by atoms with Crippen molar-refractivity contribution in [2.24, 2.45) is 5.73 Å². The number of amides is 1. The molecular weight excluding hydrogens is 202 g/mol. The van der Waals surface area contributed by atoms with Gasteiger partial charge in [-0.3, -0.25) is 4.79 Å². The number of hydrogen-bond acceptors (Lipinski definition) is 3. The highest BCUT2D eigenvalue weighted by atomic mass is 16.1. The number of nitrogens with one attached hydrogen (secondary N) is 1. The highest BCUT2D eigenvalue weighted by Crippen LogP contribution is 2.18. The van der Waals surface area contributed by atoms with Gasteiger partial charge in [-0.2, -0.15) is 0 Å². The van der Waals surface area contributed by atoms with Crippen LogP contribution in [0, 0.1) is 0 Å². The van der Waals surface area contributed by atoms with Gasteiger partial charge in [0.15, 0.2) is 0 Å². The fourth-order valence-corrected chi connectivity index (χ4v) is 1.77. The van der Waals surface area contributed by atoms with Crippen molar-refractivity contribution >= 4 is 5.91 Å². The molecule has 0 aliphatic heterocycles. The Kier molecular flexibility index (Phi) is 7.34. The molecule has 16 heavy (non-hydrogen) atoms. The van der Waals surface area contributed by atoms with Crippen LogP contribution in [0.25, 0.3) is 0 Å². The minimum atomic E-state index is -0.508. The molecule has 96 valence electrons. The van der Waals surface area contributed by atoms with Crippen LogP contribution in [0.1, 0.15) is 39.5 Å². The van der Waals surface area contributed by atoms with E-state index in [2.05, 4.69) is 17.1 Å². The van der Waals surface area contributed by atoms with E-state index in [1.165, 1.54) is 0 Å². The summed E-state index contributed by atoms with van der Waals surface area (Å²) in [6.07, 6.45) is 3.72. The average Bonchev–Trinajstić information content (AvgIpc) is 2.22. The Labute approximate surface area is 99.6 Å². The standard InChI is InChI=1S/C12H27N3O/c1-5-7-8-12(6-2,11(13)16)14-9-10-15(3)4/h14H,5-10H2,1-4H3,(H2,13,16). The van der Waals surface area contributed by atoms with Crippen molar-refractivity contribution < 1.29 is 4.79 Å². The maximum atomic E-state index is 11.6. The van der Waals surface area contributed by atoms with Gasteiger partial charge in [0.25, 0.3) is 0 Å². The second kappa shape index (κ2) is 7.63. The first-order chi connectivity index (χ1) is 7.48. The summed E-state index contributed by atoms with van der Waals surface area (Å²) in [7, 11) is 4.04. The predicted octanol–water partition coefficient (Wildman–Crippen LogP) is 0.962. The fourth-order valence-electron chi connectivity index (χ4n) is 1.77. The first-order valence-corrected chi connectivity index (χ1v) is 6.18. The fraction of sp³-hybridized carbons (Fsp3) is 0.917. The van der Waals surface area contributed by atoms with Crippen LogP contribution in [-0.4, -0.2) is 43.5 Å². The minimum Gasteiger partial charge on any atom is -0.368 e. The van der Waals surface area contributed by atoms with Gasteiger partial charge in [0.2, 0.25) is 5.91 Å². The lowest BCUT2D eigenvalue weighted by Gasteiger charge is -2.31. The molecule has 0 aromatic rings. The van der Waals surface area contributed by atoms with Crippen molar-refractivity contribution in [2.75, 3.05) is 27.2 Å². The lowest BCUT2D eigenvalue weighted by Crippen LogP contribution is -2.56. The van der Waals surface area contributed by atoms with E-state index in [-0.39, 0.29) is 5.91 Å². The van der Waals surface area contributed by atoms with Gasteiger partial charge in [-0.05, 0) is 26.9 Å². The van der Waals surface area contributed by atoms with E-state index >= 15 is 0 Å². The van der Waals surface area contributed by atoms with E-state index in [1.54, 1.807) is 0 Å². The Morgan fingerprint density at radius 3 is 2.38 bits per heavy atom. The molecule has 0 aliphatic carbocycles. The highest BCUT2D eigenvalue weighted by molar-refractivity contribution is 5.84. The summed E-state index contributed by atoms with van der Waals surface area (Å²) >= 11 is 0. The smallest absolute Gasteiger partial charge is 0.237 e. The molecular formula is C12H27N3O. The molecule has 1 amide bonds. The molecule has 0 radical (unpaired) electrons. The van der Waals surface area contributed by atoms with Crippen LogP contribution < -0.4 is 11.1 Å². The zero-order chi connectivity index (χ0) is 12.6. The van der Waals surface area contributed by atoms with Gasteiger partial charge in [-0.15, -0.1) is 0 Å². The average molecular weight is 229 g/mol. The van der Waals surface area contributed by atoms with Crippen LogP contribution in [-0.2, 0) is 4.79 Å². The van der Waals surface area contributed by atoms with Crippen LogP contribution in [0.15, 0.2) is 0 Å². The number of likely N-dealkylation sites (N-methyl/N-ethyl adjacent to an activating group) is 1. The predicted molar refractivity (Wildman–Crippen MR) is 68.3 cm³/mol. The molecule has 3 N–H and O–H groups in total. The van der Waals surface area contributed by atoms with Gasteiger partial charge >= 0.3 is 0 Å².